The molecule has 0 spiro atoms. The zero-order valence-electron chi connectivity index (χ0n) is 11.7. The van der Waals surface area contributed by atoms with Crippen molar-refractivity contribution in [2.24, 2.45) is 11.7 Å². The molecular weight excluding hydrogens is 295 g/mol. The number of carbonyl (C=O) groups excluding carboxylic acids is 1. The van der Waals surface area contributed by atoms with E-state index in [0.29, 0.717) is 11.6 Å². The average molecular weight is 317 g/mol. The van der Waals surface area contributed by atoms with E-state index in [9.17, 15) is 4.79 Å². The van der Waals surface area contributed by atoms with Gasteiger partial charge in [0.25, 0.3) is 0 Å². The summed E-state index contributed by atoms with van der Waals surface area (Å²) in [5.41, 5.74) is 6.42. The Balaban J connectivity index is 0.00000200. The minimum atomic E-state index is -0.259. The normalized spacial score (nSPS) is 18.1. The van der Waals surface area contributed by atoms with Crippen molar-refractivity contribution < 1.29 is 4.79 Å². The molecule has 0 aromatic heterocycles. The van der Waals surface area contributed by atoms with Crippen LogP contribution in [0, 0.1) is 5.92 Å². The van der Waals surface area contributed by atoms with Gasteiger partial charge in [0.1, 0.15) is 0 Å². The van der Waals surface area contributed by atoms with Gasteiger partial charge in [-0.1, -0.05) is 43.5 Å². The van der Waals surface area contributed by atoms with Crippen LogP contribution >= 0.6 is 24.0 Å². The Kier molecular flexibility index (Phi) is 6.31. The molecule has 1 aromatic rings. The molecule has 1 aromatic carbocycles. The molecular formula is C15H22Cl2N2O. The van der Waals surface area contributed by atoms with Gasteiger partial charge in [0.05, 0.1) is 5.54 Å². The van der Waals surface area contributed by atoms with Crippen LogP contribution in [0.1, 0.15) is 38.2 Å². The lowest BCUT2D eigenvalue weighted by Gasteiger charge is -2.32. The Morgan fingerprint density at radius 1 is 1.45 bits per heavy atom. The molecule has 2 rings (SSSR count). The summed E-state index contributed by atoms with van der Waals surface area (Å²) in [6.45, 7) is 2.23. The first-order valence-corrected chi connectivity index (χ1v) is 7.23. The smallest absolute Gasteiger partial charge is 0.224 e. The van der Waals surface area contributed by atoms with Gasteiger partial charge in [-0.05, 0) is 30.5 Å². The van der Waals surface area contributed by atoms with Gasteiger partial charge >= 0.3 is 0 Å². The van der Waals surface area contributed by atoms with Crippen molar-refractivity contribution >= 4 is 29.9 Å². The third kappa shape index (κ3) is 3.66. The van der Waals surface area contributed by atoms with Crippen LogP contribution in [0.3, 0.4) is 0 Å². The summed E-state index contributed by atoms with van der Waals surface area (Å²) >= 11 is 6.08. The lowest BCUT2D eigenvalue weighted by molar-refractivity contribution is -0.126. The third-order valence-electron chi connectivity index (χ3n) is 4.00. The number of halogens is 2. The van der Waals surface area contributed by atoms with E-state index < -0.39 is 0 Å². The molecule has 1 aliphatic rings. The molecule has 112 valence electrons. The van der Waals surface area contributed by atoms with Crippen molar-refractivity contribution in [2.75, 3.05) is 6.54 Å². The highest BCUT2D eigenvalue weighted by molar-refractivity contribution is 6.30. The minimum absolute atomic E-state index is 0. The Bertz CT molecular complexity index is 459. The fourth-order valence-electron chi connectivity index (χ4n) is 2.72. The van der Waals surface area contributed by atoms with Crippen LogP contribution in [0.4, 0.5) is 0 Å². The van der Waals surface area contributed by atoms with E-state index in [2.05, 4.69) is 5.32 Å². The highest BCUT2D eigenvalue weighted by Crippen LogP contribution is 2.39. The lowest BCUT2D eigenvalue weighted by Crippen LogP contribution is -2.47. The molecule has 1 unspecified atom stereocenters. The summed E-state index contributed by atoms with van der Waals surface area (Å²) in [5, 5.41) is 3.92. The summed E-state index contributed by atoms with van der Waals surface area (Å²) in [7, 11) is 0. The predicted molar refractivity (Wildman–Crippen MR) is 85.2 cm³/mol. The van der Waals surface area contributed by atoms with Crippen LogP contribution in [-0.2, 0) is 10.3 Å². The fourth-order valence-corrected chi connectivity index (χ4v) is 2.91. The molecule has 5 heteroatoms. The molecule has 1 atom stereocenters. The summed E-state index contributed by atoms with van der Waals surface area (Å²) in [5.74, 6) is -0.124. The summed E-state index contributed by atoms with van der Waals surface area (Å²) < 4.78 is 0. The van der Waals surface area contributed by atoms with Gasteiger partial charge in [-0.3, -0.25) is 4.79 Å². The van der Waals surface area contributed by atoms with Gasteiger partial charge in [0.15, 0.2) is 0 Å². The number of hydrogen-bond acceptors (Lipinski definition) is 2. The van der Waals surface area contributed by atoms with Crippen molar-refractivity contribution in [3.63, 3.8) is 0 Å². The Morgan fingerprint density at radius 3 is 2.65 bits per heavy atom. The minimum Gasteiger partial charge on any atom is -0.346 e. The van der Waals surface area contributed by atoms with E-state index in [-0.39, 0.29) is 29.8 Å². The van der Waals surface area contributed by atoms with Crippen LogP contribution in [0.25, 0.3) is 0 Å². The SMILES string of the molecule is CC(CN)C(=O)NC1(c2cccc(Cl)c2)CCCC1.Cl. The van der Waals surface area contributed by atoms with E-state index in [4.69, 9.17) is 17.3 Å². The van der Waals surface area contributed by atoms with E-state index in [0.717, 1.165) is 31.2 Å². The second-order valence-corrected chi connectivity index (χ2v) is 5.86. The number of benzene rings is 1. The van der Waals surface area contributed by atoms with Crippen LogP contribution in [0.2, 0.25) is 5.02 Å². The lowest BCUT2D eigenvalue weighted by atomic mass is 9.87. The highest BCUT2D eigenvalue weighted by atomic mass is 35.5. The van der Waals surface area contributed by atoms with E-state index in [1.54, 1.807) is 0 Å². The molecule has 0 saturated heterocycles. The van der Waals surface area contributed by atoms with Gasteiger partial charge in [-0.15, -0.1) is 12.4 Å². The molecule has 3 N–H and O–H groups in total. The number of rotatable bonds is 4. The Hall–Kier alpha value is -0.770. The quantitative estimate of drug-likeness (QED) is 0.896. The molecule has 3 nitrogen and oxygen atoms in total. The first-order chi connectivity index (χ1) is 9.07. The molecule has 0 bridgehead atoms. The summed E-state index contributed by atoms with van der Waals surface area (Å²) in [6.07, 6.45) is 4.19. The molecule has 1 amide bonds. The van der Waals surface area contributed by atoms with Gasteiger partial charge < -0.3 is 11.1 Å². The van der Waals surface area contributed by atoms with Gasteiger partial charge in [-0.2, -0.15) is 0 Å². The molecule has 1 saturated carbocycles. The second kappa shape index (κ2) is 7.30. The number of nitrogens with one attached hydrogen (secondary N) is 1. The molecule has 0 radical (unpaired) electrons. The number of amides is 1. The average Bonchev–Trinajstić information content (AvgIpc) is 2.87. The van der Waals surface area contributed by atoms with Crippen molar-refractivity contribution in [2.45, 2.75) is 38.1 Å². The zero-order chi connectivity index (χ0) is 13.9. The first-order valence-electron chi connectivity index (χ1n) is 6.85. The predicted octanol–water partition coefficient (Wildman–Crippen LogP) is 3.24. The monoisotopic (exact) mass is 316 g/mol. The summed E-state index contributed by atoms with van der Waals surface area (Å²) in [4.78, 5) is 12.2. The number of carbonyl (C=O) groups is 1. The van der Waals surface area contributed by atoms with Crippen LogP contribution in [-0.4, -0.2) is 12.5 Å². The van der Waals surface area contributed by atoms with Crippen molar-refractivity contribution in [3.8, 4) is 0 Å². The van der Waals surface area contributed by atoms with Gasteiger partial charge in [-0.25, -0.2) is 0 Å². The van der Waals surface area contributed by atoms with Gasteiger partial charge in [0.2, 0.25) is 5.91 Å². The fraction of sp³-hybridized carbons (Fsp3) is 0.533. The van der Waals surface area contributed by atoms with Crippen molar-refractivity contribution in [1.82, 2.24) is 5.32 Å². The van der Waals surface area contributed by atoms with E-state index >= 15 is 0 Å². The van der Waals surface area contributed by atoms with Crippen LogP contribution in [0.5, 0.6) is 0 Å². The number of nitrogens with two attached hydrogens (primary N) is 1. The molecule has 1 fully saturated rings. The Morgan fingerprint density at radius 2 is 2.10 bits per heavy atom. The topological polar surface area (TPSA) is 55.1 Å². The number of hydrogen-bond donors (Lipinski definition) is 2. The van der Waals surface area contributed by atoms with E-state index in [1.165, 1.54) is 0 Å². The van der Waals surface area contributed by atoms with Crippen molar-refractivity contribution in [3.05, 3.63) is 34.9 Å². The Labute approximate surface area is 131 Å². The zero-order valence-corrected chi connectivity index (χ0v) is 13.3. The first kappa shape index (κ1) is 17.3. The van der Waals surface area contributed by atoms with E-state index in [1.807, 2.05) is 31.2 Å². The third-order valence-corrected chi connectivity index (χ3v) is 4.23. The molecule has 20 heavy (non-hydrogen) atoms. The largest absolute Gasteiger partial charge is 0.346 e. The maximum atomic E-state index is 12.2. The summed E-state index contributed by atoms with van der Waals surface area (Å²) in [6, 6.07) is 7.80. The van der Waals surface area contributed by atoms with Crippen LogP contribution < -0.4 is 11.1 Å². The maximum Gasteiger partial charge on any atom is 0.224 e. The molecule has 1 aliphatic carbocycles. The molecule has 0 heterocycles. The standard InChI is InChI=1S/C15H21ClN2O.ClH/c1-11(10-17)14(19)18-15(7-2-3-8-15)12-5-4-6-13(16)9-12;/h4-6,9,11H,2-3,7-8,10,17H2,1H3,(H,18,19);1H. The van der Waals surface area contributed by atoms with Crippen molar-refractivity contribution in [1.29, 1.82) is 0 Å². The second-order valence-electron chi connectivity index (χ2n) is 5.43. The molecule has 0 aliphatic heterocycles. The maximum absolute atomic E-state index is 12.2. The highest BCUT2D eigenvalue weighted by Gasteiger charge is 2.37. The van der Waals surface area contributed by atoms with Crippen LogP contribution in [0.15, 0.2) is 24.3 Å². The van der Waals surface area contributed by atoms with Gasteiger partial charge in [0, 0.05) is 17.5 Å².